The Balaban J connectivity index is 0. The highest BCUT2D eigenvalue weighted by atomic mass is 35.5. The molecule has 0 aromatic carbocycles. The highest BCUT2D eigenvalue weighted by Gasteiger charge is 2.19. The number of hydroxylamine groups is 1. The Hall–Kier alpha value is -1.46. The van der Waals surface area contributed by atoms with Gasteiger partial charge in [-0.05, 0) is 17.8 Å². The molecule has 12 heteroatoms. The molecule has 0 aliphatic heterocycles. The molecule has 1 aromatic rings. The second-order valence-corrected chi connectivity index (χ2v) is 5.56. The molecule has 2 unspecified atom stereocenters. The van der Waals surface area contributed by atoms with Crippen LogP contribution in [0.15, 0.2) is 17.5 Å². The van der Waals surface area contributed by atoms with Gasteiger partial charge in [-0.1, -0.05) is 30.4 Å². The summed E-state index contributed by atoms with van der Waals surface area (Å²) < 4.78 is 1.38. The quantitative estimate of drug-likeness (QED) is 0.206. The second-order valence-electron chi connectivity index (χ2n) is 5.56. The molecular formula is C14H28Cl2N6O4. The molecule has 0 saturated heterocycles. The van der Waals surface area contributed by atoms with Gasteiger partial charge in [-0.3, -0.25) is 4.84 Å². The smallest absolute Gasteiger partial charge is 0.411 e. The fourth-order valence-corrected chi connectivity index (χ4v) is 2.16. The van der Waals surface area contributed by atoms with Crippen LogP contribution in [0.5, 0.6) is 0 Å². The Morgan fingerprint density at radius 1 is 1.58 bits per heavy atom. The van der Waals surface area contributed by atoms with Crippen molar-refractivity contribution in [2.75, 3.05) is 13.1 Å². The number of hydrogen-bond acceptors (Lipinski definition) is 8. The lowest BCUT2D eigenvalue weighted by Crippen LogP contribution is -2.36. The maximum Gasteiger partial charge on any atom is 0.434 e. The maximum absolute atomic E-state index is 10.8. The molecule has 10 nitrogen and oxygen atoms in total. The molecule has 1 aromatic heterocycles. The van der Waals surface area contributed by atoms with Gasteiger partial charge in [-0.2, -0.15) is 0 Å². The number of nitro groups is 1. The number of unbranched alkanes of at least 4 members (excludes halogenated alkanes) is 1. The van der Waals surface area contributed by atoms with Crippen LogP contribution in [0.4, 0.5) is 5.95 Å². The van der Waals surface area contributed by atoms with Crippen LogP contribution in [-0.4, -0.2) is 44.6 Å². The van der Waals surface area contributed by atoms with Crippen molar-refractivity contribution in [3.63, 3.8) is 0 Å². The van der Waals surface area contributed by atoms with E-state index >= 15 is 0 Å². The van der Waals surface area contributed by atoms with Gasteiger partial charge in [0.25, 0.3) is 0 Å². The van der Waals surface area contributed by atoms with Crippen molar-refractivity contribution in [1.29, 1.82) is 0 Å². The van der Waals surface area contributed by atoms with Crippen molar-refractivity contribution in [3.05, 3.63) is 22.5 Å². The zero-order valence-corrected chi connectivity index (χ0v) is 16.5. The fourth-order valence-electron chi connectivity index (χ4n) is 2.16. The zero-order chi connectivity index (χ0) is 17.9. The lowest BCUT2D eigenvalue weighted by Gasteiger charge is -2.18. The molecule has 0 spiro atoms. The van der Waals surface area contributed by atoms with Gasteiger partial charge in [0.15, 0.2) is 0 Å². The Labute approximate surface area is 165 Å². The van der Waals surface area contributed by atoms with Gasteiger partial charge < -0.3 is 21.1 Å². The van der Waals surface area contributed by atoms with Crippen LogP contribution in [0, 0.1) is 16.0 Å². The standard InChI is InChI=1S/C14H26N6O4.2ClH/c1-3-4-5-13(18-21)11(2)9-17-24-12(8-15)10-19-7-6-16-14(19)20(22)23;;/h6-7,11-12,17,21H,3-5,8-10,15H2,1-2H3;2*1H. The van der Waals surface area contributed by atoms with E-state index in [4.69, 9.17) is 15.8 Å². The number of oxime groups is 1. The summed E-state index contributed by atoms with van der Waals surface area (Å²) in [7, 11) is 0. The number of rotatable bonds is 12. The first-order valence-electron chi connectivity index (χ1n) is 7.98. The van der Waals surface area contributed by atoms with E-state index in [0.717, 1.165) is 19.3 Å². The van der Waals surface area contributed by atoms with E-state index in [-0.39, 0.29) is 49.8 Å². The summed E-state index contributed by atoms with van der Waals surface area (Å²) in [6.07, 6.45) is 5.13. The Morgan fingerprint density at radius 2 is 2.27 bits per heavy atom. The minimum absolute atomic E-state index is 0. The summed E-state index contributed by atoms with van der Waals surface area (Å²) in [5.74, 6) is -0.248. The summed E-state index contributed by atoms with van der Waals surface area (Å²) in [5, 5.41) is 23.2. The minimum atomic E-state index is -0.555. The molecule has 2 atom stereocenters. The summed E-state index contributed by atoms with van der Waals surface area (Å²) in [4.78, 5) is 19.5. The molecule has 0 bridgehead atoms. The van der Waals surface area contributed by atoms with Crippen molar-refractivity contribution in [3.8, 4) is 0 Å². The van der Waals surface area contributed by atoms with Gasteiger partial charge in [0.1, 0.15) is 25.0 Å². The number of nitrogens with zero attached hydrogens (tertiary/aromatic N) is 4. The summed E-state index contributed by atoms with van der Waals surface area (Å²) >= 11 is 0. The lowest BCUT2D eigenvalue weighted by molar-refractivity contribution is -0.397. The van der Waals surface area contributed by atoms with Gasteiger partial charge in [-0.15, -0.1) is 24.8 Å². The molecule has 1 rings (SSSR count). The highest BCUT2D eigenvalue weighted by Crippen LogP contribution is 2.10. The average Bonchev–Trinajstić information content (AvgIpc) is 3.03. The van der Waals surface area contributed by atoms with Crippen molar-refractivity contribution in [1.82, 2.24) is 15.0 Å². The number of nitrogens with one attached hydrogen (secondary N) is 1. The van der Waals surface area contributed by atoms with Crippen molar-refractivity contribution in [2.45, 2.75) is 45.8 Å². The molecule has 0 aliphatic rings. The van der Waals surface area contributed by atoms with E-state index in [1.165, 1.54) is 17.0 Å². The Kier molecular flexibility index (Phi) is 15.1. The first-order chi connectivity index (χ1) is 11.5. The summed E-state index contributed by atoms with van der Waals surface area (Å²) in [6, 6.07) is 0. The highest BCUT2D eigenvalue weighted by molar-refractivity contribution is 5.86. The van der Waals surface area contributed by atoms with Crippen molar-refractivity contribution < 1.29 is 15.0 Å². The summed E-state index contributed by atoms with van der Waals surface area (Å²) in [6.45, 7) is 4.85. The topological polar surface area (TPSA) is 141 Å². The normalized spacial score (nSPS) is 13.4. The second kappa shape index (κ2) is 14.7. The van der Waals surface area contributed by atoms with Crippen LogP contribution >= 0.6 is 24.8 Å². The van der Waals surface area contributed by atoms with Gasteiger partial charge in [-0.25, -0.2) is 10.0 Å². The third-order valence-electron chi connectivity index (χ3n) is 3.64. The molecule has 26 heavy (non-hydrogen) atoms. The van der Waals surface area contributed by atoms with Crippen LogP contribution in [-0.2, 0) is 11.4 Å². The summed E-state index contributed by atoms with van der Waals surface area (Å²) in [5.41, 5.74) is 9.18. The minimum Gasteiger partial charge on any atom is -0.411 e. The predicted octanol–water partition coefficient (Wildman–Crippen LogP) is 2.14. The van der Waals surface area contributed by atoms with Crippen LogP contribution in [0.3, 0.4) is 0 Å². The molecule has 4 N–H and O–H groups in total. The Bertz CT molecular complexity index is 543. The third kappa shape index (κ3) is 8.77. The van der Waals surface area contributed by atoms with E-state index in [2.05, 4.69) is 22.5 Å². The van der Waals surface area contributed by atoms with E-state index in [1.807, 2.05) is 6.92 Å². The number of hydrogen-bond donors (Lipinski definition) is 3. The number of halogens is 2. The molecule has 1 heterocycles. The molecule has 0 fully saturated rings. The maximum atomic E-state index is 10.8. The van der Waals surface area contributed by atoms with Crippen LogP contribution in [0.2, 0.25) is 0 Å². The molecule has 0 amide bonds. The molecule has 0 radical (unpaired) electrons. The first-order valence-corrected chi connectivity index (χ1v) is 7.98. The van der Waals surface area contributed by atoms with Crippen LogP contribution in [0.1, 0.15) is 33.1 Å². The van der Waals surface area contributed by atoms with Gasteiger partial charge in [0.2, 0.25) is 0 Å². The van der Waals surface area contributed by atoms with Crippen molar-refractivity contribution in [2.24, 2.45) is 16.8 Å². The average molecular weight is 415 g/mol. The number of aromatic nitrogens is 2. The molecule has 0 saturated carbocycles. The fraction of sp³-hybridized carbons (Fsp3) is 0.714. The van der Waals surface area contributed by atoms with E-state index < -0.39 is 11.0 Å². The third-order valence-corrected chi connectivity index (χ3v) is 3.64. The Morgan fingerprint density at radius 3 is 2.81 bits per heavy atom. The SMILES string of the molecule is CCCCC(=NO)C(C)CNOC(CN)Cn1ccnc1[N+](=O)[O-].Cl.Cl. The van der Waals surface area contributed by atoms with Crippen LogP contribution in [0.25, 0.3) is 0 Å². The molecule has 0 aliphatic carbocycles. The lowest BCUT2D eigenvalue weighted by atomic mass is 10.0. The van der Waals surface area contributed by atoms with Gasteiger partial charge >= 0.3 is 5.95 Å². The van der Waals surface area contributed by atoms with E-state index in [1.54, 1.807) is 0 Å². The predicted molar refractivity (Wildman–Crippen MR) is 103 cm³/mol. The molecular weight excluding hydrogens is 387 g/mol. The number of imidazole rings is 1. The van der Waals surface area contributed by atoms with E-state index in [0.29, 0.717) is 12.3 Å². The zero-order valence-electron chi connectivity index (χ0n) is 14.9. The monoisotopic (exact) mass is 414 g/mol. The molecule has 152 valence electrons. The first kappa shape index (κ1) is 26.8. The van der Waals surface area contributed by atoms with E-state index in [9.17, 15) is 10.1 Å². The largest absolute Gasteiger partial charge is 0.434 e. The number of nitrogens with two attached hydrogens (primary N) is 1. The van der Waals surface area contributed by atoms with Crippen LogP contribution < -0.4 is 11.2 Å². The van der Waals surface area contributed by atoms with Crippen molar-refractivity contribution >= 4 is 36.5 Å². The van der Waals surface area contributed by atoms with Gasteiger partial charge in [0, 0.05) is 19.0 Å². The van der Waals surface area contributed by atoms with Gasteiger partial charge in [0.05, 0.1) is 5.71 Å².